The van der Waals surface area contributed by atoms with Gasteiger partial charge in [-0.25, -0.2) is 0 Å². The standard InChI is InChI=1S/C11H9NO3S2.Na/c13-10(14)7-5-17-9-6-3-1-2-4-8(6)15-11(16)12(7)9;/h1-4,7,9H,5H2,(H,13,14);/q;+1/p-1. The number of hydrogen-bond acceptors (Lipinski definition) is 5. The summed E-state index contributed by atoms with van der Waals surface area (Å²) in [6, 6.07) is 6.84. The van der Waals surface area contributed by atoms with Crippen molar-refractivity contribution in [2.24, 2.45) is 0 Å². The minimum atomic E-state index is -1.11. The van der Waals surface area contributed by atoms with Crippen molar-refractivity contribution >= 4 is 35.1 Å². The van der Waals surface area contributed by atoms with E-state index in [0.29, 0.717) is 11.5 Å². The van der Waals surface area contributed by atoms with Crippen molar-refractivity contribution in [3.05, 3.63) is 29.8 Å². The normalized spacial score (nSPS) is 24.7. The van der Waals surface area contributed by atoms with Crippen molar-refractivity contribution < 1.29 is 44.2 Å². The Bertz CT molecular complexity index is 511. The number of thiocarbonyl (C=S) groups is 1. The maximum Gasteiger partial charge on any atom is 1.00 e. The first-order valence-corrected chi connectivity index (χ1v) is 6.55. The summed E-state index contributed by atoms with van der Waals surface area (Å²) >= 11 is 6.66. The third-order valence-corrected chi connectivity index (χ3v) is 4.46. The van der Waals surface area contributed by atoms with Crippen LogP contribution >= 0.6 is 24.0 Å². The first-order valence-electron chi connectivity index (χ1n) is 5.10. The van der Waals surface area contributed by atoms with Gasteiger partial charge in [-0.05, 0) is 18.3 Å². The van der Waals surface area contributed by atoms with E-state index in [9.17, 15) is 9.90 Å². The van der Waals surface area contributed by atoms with Crippen molar-refractivity contribution in [2.45, 2.75) is 11.4 Å². The number of ether oxygens (including phenoxy) is 1. The molecule has 2 atom stereocenters. The van der Waals surface area contributed by atoms with Crippen LogP contribution in [0.25, 0.3) is 0 Å². The largest absolute Gasteiger partial charge is 1.00 e. The fourth-order valence-corrected chi connectivity index (χ4v) is 3.90. The number of nitrogens with zero attached hydrogens (tertiary/aromatic N) is 1. The number of carboxylic acids is 1. The molecule has 0 saturated carbocycles. The van der Waals surface area contributed by atoms with Crippen molar-refractivity contribution in [1.29, 1.82) is 0 Å². The van der Waals surface area contributed by atoms with Gasteiger partial charge in [0.05, 0.1) is 12.0 Å². The van der Waals surface area contributed by atoms with E-state index in [4.69, 9.17) is 17.0 Å². The topological polar surface area (TPSA) is 52.6 Å². The third-order valence-electron chi connectivity index (χ3n) is 2.87. The van der Waals surface area contributed by atoms with Gasteiger partial charge in [0.1, 0.15) is 11.1 Å². The van der Waals surface area contributed by atoms with E-state index in [1.807, 2.05) is 24.3 Å². The zero-order valence-corrected chi connectivity index (χ0v) is 13.3. The Balaban J connectivity index is 0.00000120. The van der Waals surface area contributed by atoms with E-state index in [1.165, 1.54) is 0 Å². The van der Waals surface area contributed by atoms with Crippen molar-refractivity contribution in [3.63, 3.8) is 0 Å². The number of carboxylic acid groups (broad SMARTS) is 1. The first-order chi connectivity index (χ1) is 8.18. The fourth-order valence-electron chi connectivity index (χ4n) is 2.07. The molecule has 1 aromatic carbocycles. The molecule has 0 amide bonds. The number of hydrogen-bond donors (Lipinski definition) is 0. The third kappa shape index (κ3) is 2.16. The van der Waals surface area contributed by atoms with Gasteiger partial charge in [-0.3, -0.25) is 0 Å². The zero-order valence-electron chi connectivity index (χ0n) is 9.66. The Hall–Kier alpha value is -0.270. The van der Waals surface area contributed by atoms with Gasteiger partial charge in [-0.2, -0.15) is 0 Å². The van der Waals surface area contributed by atoms with Crippen molar-refractivity contribution in [2.75, 3.05) is 5.75 Å². The van der Waals surface area contributed by atoms with Gasteiger partial charge in [0.15, 0.2) is 0 Å². The molecule has 0 aliphatic carbocycles. The smallest absolute Gasteiger partial charge is 0.548 e. The van der Waals surface area contributed by atoms with Crippen LogP contribution in [0.4, 0.5) is 0 Å². The molecule has 2 aliphatic rings. The molecule has 2 unspecified atom stereocenters. The van der Waals surface area contributed by atoms with Crippen LogP contribution in [-0.2, 0) is 4.79 Å². The Morgan fingerprint density at radius 1 is 1.50 bits per heavy atom. The maximum atomic E-state index is 11.0. The minimum absolute atomic E-state index is 0. The summed E-state index contributed by atoms with van der Waals surface area (Å²) in [5.41, 5.74) is 0.967. The quantitative estimate of drug-likeness (QED) is 0.422. The van der Waals surface area contributed by atoms with E-state index in [0.717, 1.165) is 5.56 Å². The van der Waals surface area contributed by atoms with Gasteiger partial charge >= 0.3 is 29.6 Å². The molecule has 0 bridgehead atoms. The van der Waals surface area contributed by atoms with Crippen LogP contribution in [0.5, 0.6) is 5.75 Å². The summed E-state index contributed by atoms with van der Waals surface area (Å²) in [5.74, 6) is 0.0701. The maximum absolute atomic E-state index is 11.0. The number of para-hydroxylation sites is 1. The monoisotopic (exact) mass is 289 g/mol. The molecule has 88 valence electrons. The van der Waals surface area contributed by atoms with E-state index >= 15 is 0 Å². The molecule has 2 aliphatic heterocycles. The summed E-state index contributed by atoms with van der Waals surface area (Å²) < 4.78 is 5.48. The van der Waals surface area contributed by atoms with Crippen LogP contribution in [0, 0.1) is 0 Å². The van der Waals surface area contributed by atoms with Crippen LogP contribution in [0.15, 0.2) is 24.3 Å². The average Bonchev–Trinajstić information content (AvgIpc) is 2.74. The predicted octanol–water partition coefficient (Wildman–Crippen LogP) is -2.47. The Kier molecular flexibility index (Phi) is 4.23. The molecule has 1 fully saturated rings. The molecule has 1 saturated heterocycles. The number of aliphatic carboxylic acids is 1. The molecule has 2 heterocycles. The Labute approximate surface area is 136 Å². The molecular weight excluding hydrogens is 281 g/mol. The first kappa shape index (κ1) is 14.1. The summed E-state index contributed by atoms with van der Waals surface area (Å²) in [6.07, 6.45) is 0. The van der Waals surface area contributed by atoms with Gasteiger partial charge in [-0.15, -0.1) is 11.8 Å². The van der Waals surface area contributed by atoms with Gasteiger partial charge in [-0.1, -0.05) is 18.2 Å². The van der Waals surface area contributed by atoms with E-state index in [1.54, 1.807) is 16.7 Å². The molecule has 1 aromatic rings. The van der Waals surface area contributed by atoms with Gasteiger partial charge < -0.3 is 19.5 Å². The number of carbonyl (C=O) groups excluding carboxylic acids is 1. The van der Waals surface area contributed by atoms with Crippen LogP contribution in [0.1, 0.15) is 10.9 Å². The number of thioether (sulfide) groups is 1. The molecule has 3 rings (SSSR count). The summed E-state index contributed by atoms with van der Waals surface area (Å²) in [7, 11) is 0. The molecule has 0 aromatic heterocycles. The second-order valence-electron chi connectivity index (χ2n) is 3.83. The molecule has 0 radical (unpaired) electrons. The Morgan fingerprint density at radius 3 is 2.94 bits per heavy atom. The van der Waals surface area contributed by atoms with Crippen LogP contribution in [-0.4, -0.2) is 27.8 Å². The second kappa shape index (κ2) is 5.38. The van der Waals surface area contributed by atoms with E-state index < -0.39 is 12.0 Å². The summed E-state index contributed by atoms with van der Waals surface area (Å²) in [4.78, 5) is 12.6. The molecule has 0 N–H and O–H groups in total. The number of fused-ring (bicyclic) bond motifs is 3. The number of benzene rings is 1. The SMILES string of the molecule is O=C([O-])C1CSC2c3ccccc3OC(=S)N12.[Na+]. The fraction of sp³-hybridized carbons (Fsp3) is 0.273. The number of carbonyl (C=O) groups is 1. The summed E-state index contributed by atoms with van der Waals surface area (Å²) in [5, 5.41) is 11.2. The molecule has 7 heteroatoms. The van der Waals surface area contributed by atoms with Gasteiger partial charge in [0, 0.05) is 11.3 Å². The summed E-state index contributed by atoms with van der Waals surface area (Å²) in [6.45, 7) is 0. The molecule has 0 spiro atoms. The Morgan fingerprint density at radius 2 is 2.22 bits per heavy atom. The number of rotatable bonds is 1. The average molecular weight is 289 g/mol. The van der Waals surface area contributed by atoms with Crippen molar-refractivity contribution in [3.8, 4) is 5.75 Å². The van der Waals surface area contributed by atoms with Gasteiger partial charge in [0.2, 0.25) is 0 Å². The van der Waals surface area contributed by atoms with Gasteiger partial charge in [0.25, 0.3) is 5.17 Å². The van der Waals surface area contributed by atoms with Crippen LogP contribution in [0.2, 0.25) is 0 Å². The van der Waals surface area contributed by atoms with E-state index in [-0.39, 0.29) is 40.1 Å². The van der Waals surface area contributed by atoms with Crippen LogP contribution < -0.4 is 39.4 Å². The molecule has 4 nitrogen and oxygen atoms in total. The van der Waals surface area contributed by atoms with E-state index in [2.05, 4.69) is 0 Å². The van der Waals surface area contributed by atoms with Crippen LogP contribution in [0.3, 0.4) is 0 Å². The predicted molar refractivity (Wildman–Crippen MR) is 65.5 cm³/mol. The van der Waals surface area contributed by atoms with Crippen molar-refractivity contribution in [1.82, 2.24) is 4.90 Å². The zero-order chi connectivity index (χ0) is 12.0. The minimum Gasteiger partial charge on any atom is -0.548 e. The molecule has 18 heavy (non-hydrogen) atoms. The second-order valence-corrected chi connectivity index (χ2v) is 5.30. The molecular formula is C11H8NNaO3S2.